The molecule has 0 aliphatic carbocycles. The molecule has 3 aromatic carbocycles. The fourth-order valence-electron chi connectivity index (χ4n) is 2.91. The predicted molar refractivity (Wildman–Crippen MR) is 144 cm³/mol. The van der Waals surface area contributed by atoms with Crippen LogP contribution in [-0.4, -0.2) is 17.7 Å². The number of Topliss-reactive ketones (excluding diaryl/α,β-unsaturated/α-hetero) is 1. The summed E-state index contributed by atoms with van der Waals surface area (Å²) in [6.45, 7) is 1.13. The zero-order chi connectivity index (χ0) is 28.2. The number of halogens is 2. The van der Waals surface area contributed by atoms with Crippen LogP contribution < -0.4 is 21.5 Å². The molecule has 0 aliphatic heterocycles. The van der Waals surface area contributed by atoms with Crippen LogP contribution >= 0.6 is 35.2 Å². The Morgan fingerprint density at radius 1 is 1.08 bits per heavy atom. The second-order valence-corrected chi connectivity index (χ2v) is 9.02. The molecule has 0 saturated carbocycles. The van der Waals surface area contributed by atoms with Crippen LogP contribution in [0.15, 0.2) is 81.1 Å². The quantitative estimate of drug-likeness (QED) is 0.0478. The van der Waals surface area contributed by atoms with E-state index >= 15 is 0 Å². The van der Waals surface area contributed by atoms with Crippen LogP contribution in [0.4, 0.5) is 17.1 Å². The first-order chi connectivity index (χ1) is 18.8. The van der Waals surface area contributed by atoms with Crippen molar-refractivity contribution in [3.05, 3.63) is 81.8 Å². The van der Waals surface area contributed by atoms with Gasteiger partial charge in [0.2, 0.25) is 6.04 Å². The van der Waals surface area contributed by atoms with Crippen LogP contribution in [0.25, 0.3) is 5.53 Å². The highest BCUT2D eigenvalue weighted by molar-refractivity contribution is 7.94. The normalized spacial score (nSPS) is 11.7. The maximum Gasteiger partial charge on any atom is 0.258 e. The molecule has 1 amide bonds. The number of carbonyl (C=O) groups is 2. The standard InChI is InChI=1S/C23H20Cl2N7O6S/c1-13(33)22(23(34)28-16-7-8-17(24)20(10-16)36-32-26)30-29-19-9-14(12-35-27)21(11-18(19)25)39-38-37-31-15-5-3-2-4-6-15/h2-11,22,31H,12,27H2,1H3,(H,28,34)/q-1. The molecule has 1 atom stereocenters. The lowest BCUT2D eigenvalue weighted by Gasteiger charge is -2.12. The maximum atomic E-state index is 12.7. The number of benzene rings is 3. The van der Waals surface area contributed by atoms with E-state index in [-0.39, 0.29) is 33.8 Å². The molecule has 0 fully saturated rings. The molecule has 0 aromatic heterocycles. The summed E-state index contributed by atoms with van der Waals surface area (Å²) in [6.07, 6.45) is 0. The van der Waals surface area contributed by atoms with E-state index in [0.29, 0.717) is 16.1 Å². The number of ketones is 1. The van der Waals surface area contributed by atoms with E-state index < -0.39 is 17.7 Å². The van der Waals surface area contributed by atoms with Crippen molar-refractivity contribution in [2.75, 3.05) is 10.8 Å². The lowest BCUT2D eigenvalue weighted by Crippen LogP contribution is -2.31. The molecular weight excluding hydrogens is 573 g/mol. The summed E-state index contributed by atoms with van der Waals surface area (Å²) in [6, 6.07) is 14.7. The smallest absolute Gasteiger partial charge is 0.258 e. The molecule has 16 heteroatoms. The highest BCUT2D eigenvalue weighted by Crippen LogP contribution is 2.35. The summed E-state index contributed by atoms with van der Waals surface area (Å²) < 4.78 is 5.12. The summed E-state index contributed by atoms with van der Waals surface area (Å²) in [5.74, 6) is 3.85. The first-order valence-electron chi connectivity index (χ1n) is 10.8. The number of anilines is 2. The number of amides is 1. The fraction of sp³-hybridized carbons (Fsp3) is 0.130. The molecular formula is C23H20Cl2N7O6S-. The maximum absolute atomic E-state index is 12.7. The highest BCUT2D eigenvalue weighted by atomic mass is 35.5. The number of nitrogens with one attached hydrogen (secondary N) is 2. The predicted octanol–water partition coefficient (Wildman–Crippen LogP) is 6.36. The number of nitrogens with two attached hydrogens (primary N) is 1. The van der Waals surface area contributed by atoms with Gasteiger partial charge in [-0.3, -0.25) is 14.4 Å². The van der Waals surface area contributed by atoms with E-state index in [0.717, 1.165) is 12.0 Å². The van der Waals surface area contributed by atoms with Gasteiger partial charge in [-0.05, 0) is 48.9 Å². The molecule has 13 nitrogen and oxygen atoms in total. The Kier molecular flexibility index (Phi) is 11.6. The van der Waals surface area contributed by atoms with Gasteiger partial charge in [0.1, 0.15) is 5.69 Å². The summed E-state index contributed by atoms with van der Waals surface area (Å²) in [4.78, 5) is 39.7. The minimum Gasteiger partial charge on any atom is -0.669 e. The number of carbonyl (C=O) groups excluding carboxylic acids is 2. The van der Waals surface area contributed by atoms with Crippen molar-refractivity contribution in [2.24, 2.45) is 21.4 Å². The number of para-hydroxylation sites is 1. The molecule has 204 valence electrons. The van der Waals surface area contributed by atoms with E-state index in [1.54, 1.807) is 12.1 Å². The average Bonchev–Trinajstić information content (AvgIpc) is 2.91. The number of hydrogen-bond donors (Lipinski definition) is 3. The van der Waals surface area contributed by atoms with Crippen LogP contribution in [0.5, 0.6) is 5.75 Å². The largest absolute Gasteiger partial charge is 0.669 e. The van der Waals surface area contributed by atoms with Crippen molar-refractivity contribution < 1.29 is 28.6 Å². The zero-order valence-corrected chi connectivity index (χ0v) is 22.4. The van der Waals surface area contributed by atoms with Gasteiger partial charge < -0.3 is 15.7 Å². The summed E-state index contributed by atoms with van der Waals surface area (Å²) in [7, 11) is 0. The monoisotopic (exact) mass is 592 g/mol. The van der Waals surface area contributed by atoms with Gasteiger partial charge in [-0.1, -0.05) is 41.4 Å². The third-order valence-electron chi connectivity index (χ3n) is 4.71. The zero-order valence-electron chi connectivity index (χ0n) is 20.0. The number of hydrogen-bond acceptors (Lipinski definition) is 12. The molecule has 0 aliphatic rings. The molecule has 0 heterocycles. The molecule has 4 N–H and O–H groups in total. The van der Waals surface area contributed by atoms with Crippen LogP contribution in [0.3, 0.4) is 0 Å². The van der Waals surface area contributed by atoms with Crippen LogP contribution in [0, 0.1) is 0 Å². The van der Waals surface area contributed by atoms with Gasteiger partial charge in [-0.15, -0.1) is 9.32 Å². The van der Waals surface area contributed by atoms with Gasteiger partial charge in [0.15, 0.2) is 11.5 Å². The van der Waals surface area contributed by atoms with Crippen LogP contribution in [0.1, 0.15) is 12.5 Å². The Bertz CT molecular complexity index is 1350. The van der Waals surface area contributed by atoms with E-state index in [2.05, 4.69) is 31.1 Å². The summed E-state index contributed by atoms with van der Waals surface area (Å²) in [5, 5.41) is 13.2. The Hall–Kier alpha value is -3.63. The van der Waals surface area contributed by atoms with Gasteiger partial charge in [0, 0.05) is 16.6 Å². The van der Waals surface area contributed by atoms with Crippen molar-refractivity contribution in [3.63, 3.8) is 0 Å². The van der Waals surface area contributed by atoms with E-state index in [1.807, 2.05) is 18.2 Å². The van der Waals surface area contributed by atoms with Gasteiger partial charge in [-0.2, -0.15) is 10.2 Å². The van der Waals surface area contributed by atoms with E-state index in [9.17, 15) is 9.59 Å². The van der Waals surface area contributed by atoms with Crippen LogP contribution in [-0.2, 0) is 30.4 Å². The molecule has 0 saturated heterocycles. The Labute approximate surface area is 236 Å². The molecule has 1 unspecified atom stereocenters. The molecule has 0 radical (unpaired) electrons. The fourth-order valence-corrected chi connectivity index (χ4v) is 3.86. The van der Waals surface area contributed by atoms with Gasteiger partial charge in [0.05, 0.1) is 34.4 Å². The lowest BCUT2D eigenvalue weighted by molar-refractivity contribution is -0.161. The second-order valence-electron chi connectivity index (χ2n) is 7.46. The van der Waals surface area contributed by atoms with Crippen molar-refractivity contribution in [3.8, 4) is 5.75 Å². The number of azo groups is 1. The van der Waals surface area contributed by atoms with Crippen molar-refractivity contribution in [1.29, 1.82) is 0 Å². The average molecular weight is 593 g/mol. The van der Waals surface area contributed by atoms with Gasteiger partial charge in [-0.25, -0.2) is 16.7 Å². The van der Waals surface area contributed by atoms with E-state index in [1.165, 1.54) is 37.3 Å². The minimum absolute atomic E-state index is 0.0254. The third kappa shape index (κ3) is 8.97. The number of rotatable bonds is 14. The molecule has 39 heavy (non-hydrogen) atoms. The van der Waals surface area contributed by atoms with Gasteiger partial charge >= 0.3 is 0 Å². The molecule has 0 spiro atoms. The van der Waals surface area contributed by atoms with Crippen LogP contribution in [0.2, 0.25) is 10.0 Å². The molecule has 3 aromatic rings. The third-order valence-corrected chi connectivity index (χ3v) is 6.02. The first kappa shape index (κ1) is 29.9. The SMILES string of the molecule is CC(=O)C(N=Nc1cc(CON)c(SOONc2ccccc2)cc1Cl)C(=O)Nc1ccc(Cl)c(ON=[N-])c1. The Balaban J connectivity index is 1.72. The first-order valence-corrected chi connectivity index (χ1v) is 12.3. The summed E-state index contributed by atoms with van der Waals surface area (Å²) in [5.41, 5.74) is 12.7. The highest BCUT2D eigenvalue weighted by Gasteiger charge is 2.24. The van der Waals surface area contributed by atoms with E-state index in [4.69, 9.17) is 48.8 Å². The summed E-state index contributed by atoms with van der Waals surface area (Å²) >= 11 is 13.1. The lowest BCUT2D eigenvalue weighted by atomic mass is 10.2. The Morgan fingerprint density at radius 2 is 1.85 bits per heavy atom. The van der Waals surface area contributed by atoms with Crippen molar-refractivity contribution in [2.45, 2.75) is 24.5 Å². The Morgan fingerprint density at radius 3 is 2.54 bits per heavy atom. The molecule has 3 rings (SSSR count). The van der Waals surface area contributed by atoms with Gasteiger partial charge in [0.25, 0.3) is 5.91 Å². The minimum atomic E-state index is -1.51. The van der Waals surface area contributed by atoms with Crippen molar-refractivity contribution >= 4 is 64.0 Å². The number of nitrogens with zero attached hydrogens (tertiary/aromatic N) is 4. The topological polar surface area (TPSA) is 181 Å². The molecule has 0 bridgehead atoms. The van der Waals surface area contributed by atoms with Crippen molar-refractivity contribution in [1.82, 2.24) is 0 Å². The second kappa shape index (κ2) is 15.1.